The molecule has 0 aromatic heterocycles. The first-order valence-electron chi connectivity index (χ1n) is 7.48. The zero-order chi connectivity index (χ0) is 15.4. The van der Waals surface area contributed by atoms with Gasteiger partial charge in [-0.3, -0.25) is 9.59 Å². The number of carbonyl (C=O) groups is 2. The van der Waals surface area contributed by atoms with Gasteiger partial charge >= 0.3 is 11.9 Å². The molecule has 5 heteroatoms. The molecule has 0 radical (unpaired) electrons. The fourth-order valence-corrected chi connectivity index (χ4v) is 1.96. The van der Waals surface area contributed by atoms with E-state index in [4.69, 9.17) is 9.47 Å². The van der Waals surface area contributed by atoms with E-state index in [0.29, 0.717) is 18.9 Å². The molecule has 0 saturated heterocycles. The molecule has 118 valence electrons. The predicted octanol–water partition coefficient (Wildman–Crippen LogP) is 2.29. The number of hydrogen-bond donors (Lipinski definition) is 1. The van der Waals surface area contributed by atoms with Crippen molar-refractivity contribution >= 4 is 11.9 Å². The van der Waals surface area contributed by atoms with Crippen LogP contribution in [0.15, 0.2) is 0 Å². The Kier molecular flexibility index (Phi) is 11.1. The first-order chi connectivity index (χ1) is 9.51. The minimum Gasteiger partial charge on any atom is -0.468 e. The summed E-state index contributed by atoms with van der Waals surface area (Å²) < 4.78 is 9.65. The summed E-state index contributed by atoms with van der Waals surface area (Å²) in [7, 11) is 1.41. The van der Waals surface area contributed by atoms with E-state index in [-0.39, 0.29) is 18.0 Å². The number of esters is 2. The zero-order valence-corrected chi connectivity index (χ0v) is 13.2. The van der Waals surface area contributed by atoms with Crippen molar-refractivity contribution in [1.82, 2.24) is 5.32 Å². The van der Waals surface area contributed by atoms with Crippen LogP contribution in [-0.4, -0.2) is 38.2 Å². The predicted molar refractivity (Wildman–Crippen MR) is 78.4 cm³/mol. The van der Waals surface area contributed by atoms with E-state index in [1.807, 2.05) is 6.92 Å². The standard InChI is InChI=1S/C15H29NO4/c1-5-20-14(17)9-7-6-8-10-16-13(11-12(2)3)15(18)19-4/h12-13,16H,5-11H2,1-4H3. The molecule has 1 N–H and O–H groups in total. The van der Waals surface area contributed by atoms with Crippen LogP contribution >= 0.6 is 0 Å². The van der Waals surface area contributed by atoms with E-state index in [0.717, 1.165) is 32.2 Å². The van der Waals surface area contributed by atoms with Gasteiger partial charge in [0, 0.05) is 6.42 Å². The highest BCUT2D eigenvalue weighted by atomic mass is 16.5. The number of ether oxygens (including phenoxy) is 2. The molecule has 0 bridgehead atoms. The lowest BCUT2D eigenvalue weighted by atomic mass is 10.0. The van der Waals surface area contributed by atoms with Gasteiger partial charge in [0.05, 0.1) is 13.7 Å². The number of hydrogen-bond acceptors (Lipinski definition) is 5. The first-order valence-corrected chi connectivity index (χ1v) is 7.48. The van der Waals surface area contributed by atoms with Crippen molar-refractivity contribution in [2.75, 3.05) is 20.3 Å². The van der Waals surface area contributed by atoms with Crippen molar-refractivity contribution in [2.24, 2.45) is 5.92 Å². The highest BCUT2D eigenvalue weighted by molar-refractivity contribution is 5.75. The third-order valence-corrected chi connectivity index (χ3v) is 2.95. The summed E-state index contributed by atoms with van der Waals surface area (Å²) in [5.41, 5.74) is 0. The SMILES string of the molecule is CCOC(=O)CCCCCNC(CC(C)C)C(=O)OC. The van der Waals surface area contributed by atoms with Gasteiger partial charge in [0.2, 0.25) is 0 Å². The van der Waals surface area contributed by atoms with Crippen molar-refractivity contribution in [3.63, 3.8) is 0 Å². The minimum absolute atomic E-state index is 0.132. The Morgan fingerprint density at radius 1 is 1.15 bits per heavy atom. The summed E-state index contributed by atoms with van der Waals surface area (Å²) in [6.45, 7) is 7.17. The molecule has 5 nitrogen and oxygen atoms in total. The highest BCUT2D eigenvalue weighted by Crippen LogP contribution is 2.07. The molecule has 0 aliphatic carbocycles. The van der Waals surface area contributed by atoms with Gasteiger partial charge in [0.15, 0.2) is 0 Å². The maximum Gasteiger partial charge on any atom is 0.322 e. The van der Waals surface area contributed by atoms with Crippen LogP contribution in [0.5, 0.6) is 0 Å². The van der Waals surface area contributed by atoms with Gasteiger partial charge in [0.25, 0.3) is 0 Å². The van der Waals surface area contributed by atoms with Crippen LogP contribution in [0.1, 0.15) is 52.9 Å². The quantitative estimate of drug-likeness (QED) is 0.466. The Morgan fingerprint density at radius 3 is 2.40 bits per heavy atom. The zero-order valence-electron chi connectivity index (χ0n) is 13.2. The largest absolute Gasteiger partial charge is 0.468 e. The maximum atomic E-state index is 11.6. The molecule has 0 aliphatic rings. The maximum absolute atomic E-state index is 11.6. The summed E-state index contributed by atoms with van der Waals surface area (Å²) >= 11 is 0. The van der Waals surface area contributed by atoms with E-state index < -0.39 is 0 Å². The summed E-state index contributed by atoms with van der Waals surface area (Å²) in [5.74, 6) is 0.105. The fraction of sp³-hybridized carbons (Fsp3) is 0.867. The molecule has 0 aliphatic heterocycles. The average molecular weight is 287 g/mol. The second-order valence-electron chi connectivity index (χ2n) is 5.28. The van der Waals surface area contributed by atoms with Crippen molar-refractivity contribution in [2.45, 2.75) is 58.9 Å². The molecule has 0 aromatic rings. The Hall–Kier alpha value is -1.10. The molecular formula is C15H29NO4. The number of rotatable bonds is 11. The Morgan fingerprint density at radius 2 is 1.85 bits per heavy atom. The monoisotopic (exact) mass is 287 g/mol. The van der Waals surface area contributed by atoms with Crippen LogP contribution in [-0.2, 0) is 19.1 Å². The molecule has 0 heterocycles. The Balaban J connectivity index is 3.73. The van der Waals surface area contributed by atoms with Crippen LogP contribution in [0, 0.1) is 5.92 Å². The average Bonchev–Trinajstić information content (AvgIpc) is 2.40. The number of carbonyl (C=O) groups excluding carboxylic acids is 2. The van der Waals surface area contributed by atoms with E-state index in [1.165, 1.54) is 7.11 Å². The molecular weight excluding hydrogens is 258 g/mol. The molecule has 0 saturated carbocycles. The van der Waals surface area contributed by atoms with Crippen LogP contribution in [0.3, 0.4) is 0 Å². The van der Waals surface area contributed by atoms with E-state index in [2.05, 4.69) is 19.2 Å². The third kappa shape index (κ3) is 9.78. The second kappa shape index (κ2) is 11.7. The van der Waals surface area contributed by atoms with Crippen LogP contribution < -0.4 is 5.32 Å². The van der Waals surface area contributed by atoms with E-state index in [1.54, 1.807) is 0 Å². The number of methoxy groups -OCH3 is 1. The smallest absolute Gasteiger partial charge is 0.322 e. The van der Waals surface area contributed by atoms with Gasteiger partial charge < -0.3 is 14.8 Å². The van der Waals surface area contributed by atoms with Crippen molar-refractivity contribution in [3.8, 4) is 0 Å². The normalized spacial score (nSPS) is 12.2. The minimum atomic E-state index is -0.231. The molecule has 0 rings (SSSR count). The fourth-order valence-electron chi connectivity index (χ4n) is 1.96. The summed E-state index contributed by atoms with van der Waals surface area (Å²) in [5, 5.41) is 3.22. The molecule has 1 unspecified atom stereocenters. The van der Waals surface area contributed by atoms with Gasteiger partial charge in [-0.2, -0.15) is 0 Å². The summed E-state index contributed by atoms with van der Waals surface area (Å²) in [6, 6.07) is -0.231. The molecule has 0 aromatic carbocycles. The van der Waals surface area contributed by atoms with E-state index >= 15 is 0 Å². The lowest BCUT2D eigenvalue weighted by Gasteiger charge is -2.18. The topological polar surface area (TPSA) is 64.6 Å². The van der Waals surface area contributed by atoms with Crippen LogP contribution in [0.2, 0.25) is 0 Å². The van der Waals surface area contributed by atoms with Gasteiger partial charge in [-0.05, 0) is 38.6 Å². The third-order valence-electron chi connectivity index (χ3n) is 2.95. The Labute approximate surface area is 122 Å². The summed E-state index contributed by atoms with van der Waals surface area (Å²) in [4.78, 5) is 22.7. The van der Waals surface area contributed by atoms with Gasteiger partial charge in [-0.1, -0.05) is 20.3 Å². The molecule has 0 spiro atoms. The number of nitrogens with one attached hydrogen (secondary N) is 1. The van der Waals surface area contributed by atoms with Crippen LogP contribution in [0.25, 0.3) is 0 Å². The molecule has 0 amide bonds. The van der Waals surface area contributed by atoms with Gasteiger partial charge in [-0.25, -0.2) is 0 Å². The van der Waals surface area contributed by atoms with Crippen molar-refractivity contribution < 1.29 is 19.1 Å². The molecule has 0 fully saturated rings. The summed E-state index contributed by atoms with van der Waals surface area (Å²) in [6.07, 6.45) is 3.95. The van der Waals surface area contributed by atoms with Crippen LogP contribution in [0.4, 0.5) is 0 Å². The van der Waals surface area contributed by atoms with E-state index in [9.17, 15) is 9.59 Å². The molecule has 20 heavy (non-hydrogen) atoms. The van der Waals surface area contributed by atoms with Gasteiger partial charge in [0.1, 0.15) is 6.04 Å². The highest BCUT2D eigenvalue weighted by Gasteiger charge is 2.19. The first kappa shape index (κ1) is 18.9. The number of unbranched alkanes of at least 4 members (excludes halogenated alkanes) is 2. The van der Waals surface area contributed by atoms with Crippen molar-refractivity contribution in [1.29, 1.82) is 0 Å². The van der Waals surface area contributed by atoms with Crippen molar-refractivity contribution in [3.05, 3.63) is 0 Å². The Bertz CT molecular complexity index is 279. The van der Waals surface area contributed by atoms with Gasteiger partial charge in [-0.15, -0.1) is 0 Å². The lowest BCUT2D eigenvalue weighted by molar-refractivity contribution is -0.144. The lowest BCUT2D eigenvalue weighted by Crippen LogP contribution is -2.39. The molecule has 1 atom stereocenters. The second-order valence-corrected chi connectivity index (χ2v) is 5.28.